The monoisotopic (exact) mass is 265 g/mol. The number of hydrogen-bond donors (Lipinski definition) is 1. The molecule has 1 saturated heterocycles. The van der Waals surface area contributed by atoms with E-state index in [9.17, 15) is 9.59 Å². The zero-order valence-electron chi connectivity index (χ0n) is 10.4. The van der Waals surface area contributed by atoms with Gasteiger partial charge in [-0.05, 0) is 12.8 Å². The van der Waals surface area contributed by atoms with Crippen molar-refractivity contribution in [1.29, 1.82) is 0 Å². The number of piperidine rings is 1. The van der Waals surface area contributed by atoms with Gasteiger partial charge in [-0.15, -0.1) is 0 Å². The lowest BCUT2D eigenvalue weighted by atomic mass is 10.1. The minimum absolute atomic E-state index is 0.0906. The SMILES string of the molecule is O=C(O)COC1CCN(C(=O)c2cncnc2)CC1. The fourth-order valence-corrected chi connectivity index (χ4v) is 2.01. The summed E-state index contributed by atoms with van der Waals surface area (Å²) in [4.78, 5) is 31.8. The lowest BCUT2D eigenvalue weighted by molar-refractivity contribution is -0.145. The third kappa shape index (κ3) is 3.72. The highest BCUT2D eigenvalue weighted by Crippen LogP contribution is 2.15. The molecule has 7 heteroatoms. The Morgan fingerprint density at radius 2 is 1.95 bits per heavy atom. The van der Waals surface area contributed by atoms with E-state index in [0.717, 1.165) is 0 Å². The molecule has 7 nitrogen and oxygen atoms in total. The van der Waals surface area contributed by atoms with Gasteiger partial charge in [0.2, 0.25) is 0 Å². The van der Waals surface area contributed by atoms with Crippen molar-refractivity contribution in [1.82, 2.24) is 14.9 Å². The summed E-state index contributed by atoms with van der Waals surface area (Å²) in [5.41, 5.74) is 0.465. The number of amides is 1. The molecule has 1 aliphatic heterocycles. The maximum Gasteiger partial charge on any atom is 0.329 e. The number of ether oxygens (including phenoxy) is 1. The second kappa shape index (κ2) is 6.24. The number of rotatable bonds is 4. The Hall–Kier alpha value is -2.02. The molecule has 2 heterocycles. The highest BCUT2D eigenvalue weighted by atomic mass is 16.5. The maximum absolute atomic E-state index is 12.1. The molecule has 0 unspecified atom stereocenters. The lowest BCUT2D eigenvalue weighted by Gasteiger charge is -2.31. The topological polar surface area (TPSA) is 92.6 Å². The van der Waals surface area contributed by atoms with Gasteiger partial charge in [-0.3, -0.25) is 4.79 Å². The Kier molecular flexibility index (Phi) is 4.40. The van der Waals surface area contributed by atoms with Crippen molar-refractivity contribution in [3.05, 3.63) is 24.3 Å². The van der Waals surface area contributed by atoms with Gasteiger partial charge in [-0.25, -0.2) is 14.8 Å². The number of nitrogens with zero attached hydrogens (tertiary/aromatic N) is 3. The highest BCUT2D eigenvalue weighted by molar-refractivity contribution is 5.93. The van der Waals surface area contributed by atoms with Gasteiger partial charge >= 0.3 is 5.97 Å². The van der Waals surface area contributed by atoms with Gasteiger partial charge in [0.25, 0.3) is 5.91 Å². The van der Waals surface area contributed by atoms with E-state index in [2.05, 4.69) is 9.97 Å². The van der Waals surface area contributed by atoms with Gasteiger partial charge < -0.3 is 14.7 Å². The van der Waals surface area contributed by atoms with Crippen molar-refractivity contribution in [2.75, 3.05) is 19.7 Å². The van der Waals surface area contributed by atoms with Crippen molar-refractivity contribution < 1.29 is 19.4 Å². The normalized spacial score (nSPS) is 16.3. The van der Waals surface area contributed by atoms with E-state index in [4.69, 9.17) is 9.84 Å². The van der Waals surface area contributed by atoms with E-state index in [-0.39, 0.29) is 18.6 Å². The van der Waals surface area contributed by atoms with Crippen LogP contribution in [0.5, 0.6) is 0 Å². The van der Waals surface area contributed by atoms with Crippen LogP contribution in [-0.2, 0) is 9.53 Å². The summed E-state index contributed by atoms with van der Waals surface area (Å²) < 4.78 is 5.22. The van der Waals surface area contributed by atoms with Gasteiger partial charge in [0.05, 0.1) is 11.7 Å². The zero-order valence-corrected chi connectivity index (χ0v) is 10.4. The van der Waals surface area contributed by atoms with Crippen LogP contribution in [0.4, 0.5) is 0 Å². The fourth-order valence-electron chi connectivity index (χ4n) is 2.01. The molecule has 19 heavy (non-hydrogen) atoms. The number of carbonyl (C=O) groups is 2. The first-order valence-electron chi connectivity index (χ1n) is 6.04. The third-order valence-corrected chi connectivity index (χ3v) is 2.98. The molecule has 2 rings (SSSR count). The molecule has 0 radical (unpaired) electrons. The molecule has 0 bridgehead atoms. The largest absolute Gasteiger partial charge is 0.480 e. The van der Waals surface area contributed by atoms with Crippen LogP contribution in [0.15, 0.2) is 18.7 Å². The first-order valence-corrected chi connectivity index (χ1v) is 6.04. The van der Waals surface area contributed by atoms with E-state index >= 15 is 0 Å². The molecule has 0 spiro atoms. The Balaban J connectivity index is 1.83. The number of carboxylic acid groups (broad SMARTS) is 1. The molecule has 1 fully saturated rings. The predicted molar refractivity (Wildman–Crippen MR) is 64.5 cm³/mol. The molecule has 102 valence electrons. The Morgan fingerprint density at radius 1 is 1.32 bits per heavy atom. The quantitative estimate of drug-likeness (QED) is 0.835. The van der Waals surface area contributed by atoms with Gasteiger partial charge in [0, 0.05) is 25.5 Å². The summed E-state index contributed by atoms with van der Waals surface area (Å²) >= 11 is 0. The van der Waals surface area contributed by atoms with E-state index in [1.165, 1.54) is 18.7 Å². The molecule has 0 aromatic carbocycles. The van der Waals surface area contributed by atoms with E-state index < -0.39 is 5.97 Å². The second-order valence-corrected chi connectivity index (χ2v) is 4.32. The number of aliphatic carboxylic acids is 1. The average Bonchev–Trinajstić information content (AvgIpc) is 2.46. The standard InChI is InChI=1S/C12H15N3O4/c16-11(17)7-19-10-1-3-15(4-2-10)12(18)9-5-13-8-14-6-9/h5-6,8,10H,1-4,7H2,(H,16,17). The van der Waals surface area contributed by atoms with Crippen LogP contribution in [0.3, 0.4) is 0 Å². The molecule has 1 aliphatic rings. The van der Waals surface area contributed by atoms with Crippen LogP contribution < -0.4 is 0 Å². The second-order valence-electron chi connectivity index (χ2n) is 4.32. The summed E-state index contributed by atoms with van der Waals surface area (Å²) in [5, 5.41) is 8.53. The van der Waals surface area contributed by atoms with Gasteiger partial charge in [-0.1, -0.05) is 0 Å². The molecule has 0 saturated carbocycles. The summed E-state index contributed by atoms with van der Waals surface area (Å²) in [7, 11) is 0. The van der Waals surface area contributed by atoms with Gasteiger partial charge in [0.1, 0.15) is 12.9 Å². The number of likely N-dealkylation sites (tertiary alicyclic amines) is 1. The average molecular weight is 265 g/mol. The Morgan fingerprint density at radius 3 is 2.53 bits per heavy atom. The van der Waals surface area contributed by atoms with Crippen molar-refractivity contribution in [2.24, 2.45) is 0 Å². The third-order valence-electron chi connectivity index (χ3n) is 2.98. The molecule has 0 aliphatic carbocycles. The van der Waals surface area contributed by atoms with Crippen LogP contribution >= 0.6 is 0 Å². The van der Waals surface area contributed by atoms with Crippen molar-refractivity contribution in [2.45, 2.75) is 18.9 Å². The Bertz CT molecular complexity index is 444. The summed E-state index contributed by atoms with van der Waals surface area (Å²) in [6.07, 6.45) is 5.56. The molecule has 1 N–H and O–H groups in total. The van der Waals surface area contributed by atoms with Gasteiger partial charge in [0.15, 0.2) is 0 Å². The van der Waals surface area contributed by atoms with Crippen molar-refractivity contribution in [3.8, 4) is 0 Å². The molecule has 1 aromatic heterocycles. The number of carbonyl (C=O) groups excluding carboxylic acids is 1. The minimum atomic E-state index is -0.972. The zero-order chi connectivity index (χ0) is 13.7. The number of aromatic nitrogens is 2. The first kappa shape index (κ1) is 13.4. The van der Waals surface area contributed by atoms with Crippen molar-refractivity contribution in [3.63, 3.8) is 0 Å². The predicted octanol–water partition coefficient (Wildman–Crippen LogP) is 0.182. The van der Waals surface area contributed by atoms with E-state index in [0.29, 0.717) is 31.5 Å². The van der Waals surface area contributed by atoms with Crippen LogP contribution in [0.25, 0.3) is 0 Å². The van der Waals surface area contributed by atoms with E-state index in [1.54, 1.807) is 4.90 Å². The molecule has 1 aromatic rings. The highest BCUT2D eigenvalue weighted by Gasteiger charge is 2.24. The first-order chi connectivity index (χ1) is 9.16. The Labute approximate surface area is 110 Å². The van der Waals surface area contributed by atoms with Crippen LogP contribution in [-0.4, -0.2) is 57.7 Å². The summed E-state index contributed by atoms with van der Waals surface area (Å²) in [5.74, 6) is -1.07. The molecular weight excluding hydrogens is 250 g/mol. The minimum Gasteiger partial charge on any atom is -0.480 e. The van der Waals surface area contributed by atoms with Crippen molar-refractivity contribution >= 4 is 11.9 Å². The maximum atomic E-state index is 12.1. The molecular formula is C12H15N3O4. The molecule has 1 amide bonds. The van der Waals surface area contributed by atoms with Crippen LogP contribution in [0.1, 0.15) is 23.2 Å². The van der Waals surface area contributed by atoms with Gasteiger partial charge in [-0.2, -0.15) is 0 Å². The lowest BCUT2D eigenvalue weighted by Crippen LogP contribution is -2.41. The number of carboxylic acids is 1. The van der Waals surface area contributed by atoms with Crippen LogP contribution in [0.2, 0.25) is 0 Å². The smallest absolute Gasteiger partial charge is 0.329 e. The fraction of sp³-hybridized carbons (Fsp3) is 0.500. The summed E-state index contributed by atoms with van der Waals surface area (Å²) in [6.45, 7) is 0.821. The summed E-state index contributed by atoms with van der Waals surface area (Å²) in [6, 6.07) is 0. The number of hydrogen-bond acceptors (Lipinski definition) is 5. The molecule has 0 atom stereocenters. The van der Waals surface area contributed by atoms with E-state index in [1.807, 2.05) is 0 Å². The van der Waals surface area contributed by atoms with Crippen LogP contribution in [0, 0.1) is 0 Å².